The molecule has 2 rings (SSSR count). The van der Waals surface area contributed by atoms with Crippen LogP contribution in [-0.4, -0.2) is 25.9 Å². The molecule has 0 amide bonds. The summed E-state index contributed by atoms with van der Waals surface area (Å²) >= 11 is 0. The highest BCUT2D eigenvalue weighted by molar-refractivity contribution is 7.90. The van der Waals surface area contributed by atoms with E-state index < -0.39 is 9.84 Å². The molecule has 0 saturated heterocycles. The monoisotopic (exact) mass is 306 g/mol. The van der Waals surface area contributed by atoms with Crippen LogP contribution in [0.1, 0.15) is 11.1 Å². The molecule has 4 nitrogen and oxygen atoms in total. The lowest BCUT2D eigenvalue weighted by Gasteiger charge is -2.11. The Labute approximate surface area is 124 Å². The zero-order valence-electron chi connectivity index (χ0n) is 11.6. The van der Waals surface area contributed by atoms with Crippen LogP contribution in [0.15, 0.2) is 54.6 Å². The highest BCUT2D eigenvalue weighted by Gasteiger charge is 2.14. The van der Waals surface area contributed by atoms with Crippen molar-refractivity contribution >= 4 is 9.84 Å². The van der Waals surface area contributed by atoms with E-state index in [4.69, 9.17) is 9.84 Å². The second-order valence-corrected chi connectivity index (χ2v) is 6.88. The molecular formula is C16H18O4S. The van der Waals surface area contributed by atoms with E-state index in [0.29, 0.717) is 17.9 Å². The van der Waals surface area contributed by atoms with Gasteiger partial charge in [0.1, 0.15) is 12.4 Å². The summed E-state index contributed by atoms with van der Waals surface area (Å²) in [6, 6.07) is 16.8. The Morgan fingerprint density at radius 3 is 2.33 bits per heavy atom. The maximum Gasteiger partial charge on any atom is 0.156 e. The fourth-order valence-electron chi connectivity index (χ4n) is 1.95. The molecule has 0 aliphatic heterocycles. The van der Waals surface area contributed by atoms with Gasteiger partial charge in [0.2, 0.25) is 0 Å². The third-order valence-corrected chi connectivity index (χ3v) is 4.54. The Morgan fingerprint density at radius 2 is 1.62 bits per heavy atom. The summed E-state index contributed by atoms with van der Waals surface area (Å²) < 4.78 is 29.3. The molecule has 0 fully saturated rings. The summed E-state index contributed by atoms with van der Waals surface area (Å²) in [5.74, 6) is 0.196. The number of ether oxygens (including phenoxy) is 1. The van der Waals surface area contributed by atoms with E-state index in [1.54, 1.807) is 18.2 Å². The summed E-state index contributed by atoms with van der Waals surface area (Å²) in [5, 5.41) is 8.79. The van der Waals surface area contributed by atoms with Gasteiger partial charge in [0.15, 0.2) is 9.84 Å². The molecule has 0 bridgehead atoms. The lowest BCUT2D eigenvalue weighted by molar-refractivity contribution is 0.303. The molecule has 1 N–H and O–H groups in total. The molecule has 0 aliphatic carbocycles. The number of rotatable bonds is 7. The summed E-state index contributed by atoms with van der Waals surface area (Å²) in [5.41, 5.74) is 1.63. The van der Waals surface area contributed by atoms with E-state index in [-0.39, 0.29) is 18.1 Å². The molecule has 0 saturated carbocycles. The van der Waals surface area contributed by atoms with Gasteiger partial charge in [0, 0.05) is 5.56 Å². The number of aliphatic hydroxyl groups excluding tert-OH is 1. The number of hydrogen-bond donors (Lipinski definition) is 1. The number of aliphatic hydroxyl groups is 1. The maximum atomic E-state index is 11.8. The Morgan fingerprint density at radius 1 is 0.952 bits per heavy atom. The molecule has 2 aromatic rings. The largest absolute Gasteiger partial charge is 0.489 e. The first kappa shape index (κ1) is 15.5. The van der Waals surface area contributed by atoms with Gasteiger partial charge in [-0.15, -0.1) is 0 Å². The van der Waals surface area contributed by atoms with Gasteiger partial charge in [-0.2, -0.15) is 0 Å². The van der Waals surface area contributed by atoms with Crippen molar-refractivity contribution in [2.24, 2.45) is 0 Å². The van der Waals surface area contributed by atoms with Crippen molar-refractivity contribution in [1.82, 2.24) is 0 Å². The third kappa shape index (κ3) is 4.88. The minimum absolute atomic E-state index is 0.126. The van der Waals surface area contributed by atoms with Crippen molar-refractivity contribution in [2.75, 3.05) is 12.4 Å². The van der Waals surface area contributed by atoms with Crippen LogP contribution in [0.2, 0.25) is 0 Å². The zero-order chi connectivity index (χ0) is 15.1. The number of para-hydroxylation sites is 1. The first-order valence-electron chi connectivity index (χ1n) is 6.66. The van der Waals surface area contributed by atoms with Crippen molar-refractivity contribution in [1.29, 1.82) is 0 Å². The first-order chi connectivity index (χ1) is 10.1. The average Bonchev–Trinajstić information content (AvgIpc) is 2.47. The van der Waals surface area contributed by atoms with Crippen LogP contribution in [0, 0.1) is 0 Å². The second kappa shape index (κ2) is 7.24. The van der Waals surface area contributed by atoms with Gasteiger partial charge < -0.3 is 9.84 Å². The number of sulfone groups is 1. The standard InChI is InChI=1S/C16H18O4S/c17-10-11-21(18,19)13-15-8-4-5-9-16(15)20-12-14-6-2-1-3-7-14/h1-9,17H,10-13H2. The topological polar surface area (TPSA) is 63.6 Å². The van der Waals surface area contributed by atoms with E-state index >= 15 is 0 Å². The highest BCUT2D eigenvalue weighted by atomic mass is 32.2. The van der Waals surface area contributed by atoms with E-state index in [1.807, 2.05) is 36.4 Å². The lowest BCUT2D eigenvalue weighted by atomic mass is 10.2. The molecule has 0 unspecified atom stereocenters. The molecule has 0 heterocycles. The quantitative estimate of drug-likeness (QED) is 0.851. The predicted molar refractivity (Wildman–Crippen MR) is 81.8 cm³/mol. The number of benzene rings is 2. The Bertz CT molecular complexity index is 666. The average molecular weight is 306 g/mol. The molecule has 0 aromatic heterocycles. The minimum atomic E-state index is -3.32. The Kier molecular flexibility index (Phi) is 5.36. The molecule has 2 aromatic carbocycles. The van der Waals surface area contributed by atoms with Crippen molar-refractivity contribution in [3.63, 3.8) is 0 Å². The first-order valence-corrected chi connectivity index (χ1v) is 8.49. The van der Waals surface area contributed by atoms with Gasteiger partial charge in [-0.25, -0.2) is 8.42 Å². The summed E-state index contributed by atoms with van der Waals surface area (Å²) in [4.78, 5) is 0. The fraction of sp³-hybridized carbons (Fsp3) is 0.250. The Balaban J connectivity index is 2.10. The van der Waals surface area contributed by atoms with Crippen LogP contribution in [0.5, 0.6) is 5.75 Å². The highest BCUT2D eigenvalue weighted by Crippen LogP contribution is 2.22. The van der Waals surface area contributed by atoms with E-state index in [9.17, 15) is 8.42 Å². The molecule has 0 atom stereocenters. The fourth-order valence-corrected chi connectivity index (χ4v) is 3.08. The van der Waals surface area contributed by atoms with Gasteiger partial charge in [-0.05, 0) is 11.6 Å². The molecule has 0 spiro atoms. The third-order valence-electron chi connectivity index (χ3n) is 2.99. The summed E-state index contributed by atoms with van der Waals surface area (Å²) in [6.45, 7) is 0.0211. The van der Waals surface area contributed by atoms with Crippen LogP contribution in [0.3, 0.4) is 0 Å². The van der Waals surface area contributed by atoms with Gasteiger partial charge in [0.25, 0.3) is 0 Å². The molecular weight excluding hydrogens is 288 g/mol. The van der Waals surface area contributed by atoms with Crippen molar-refractivity contribution in [2.45, 2.75) is 12.4 Å². The zero-order valence-corrected chi connectivity index (χ0v) is 12.4. The van der Waals surface area contributed by atoms with Crippen LogP contribution in [0.25, 0.3) is 0 Å². The van der Waals surface area contributed by atoms with Crippen LogP contribution >= 0.6 is 0 Å². The number of hydrogen-bond acceptors (Lipinski definition) is 4. The van der Waals surface area contributed by atoms with Crippen molar-refractivity contribution < 1.29 is 18.3 Å². The van der Waals surface area contributed by atoms with Gasteiger partial charge in [-0.3, -0.25) is 0 Å². The lowest BCUT2D eigenvalue weighted by Crippen LogP contribution is -2.13. The molecule has 0 radical (unpaired) electrons. The minimum Gasteiger partial charge on any atom is -0.489 e. The summed E-state index contributed by atoms with van der Waals surface area (Å²) in [6.07, 6.45) is 0. The smallest absolute Gasteiger partial charge is 0.156 e. The summed E-state index contributed by atoms with van der Waals surface area (Å²) in [7, 11) is -3.32. The SMILES string of the molecule is O=S(=O)(CCO)Cc1ccccc1OCc1ccccc1. The van der Waals surface area contributed by atoms with Crippen LogP contribution < -0.4 is 4.74 Å². The van der Waals surface area contributed by atoms with Crippen LogP contribution in [0.4, 0.5) is 0 Å². The maximum absolute atomic E-state index is 11.8. The van der Waals surface area contributed by atoms with Gasteiger partial charge in [-0.1, -0.05) is 48.5 Å². The van der Waals surface area contributed by atoms with E-state index in [2.05, 4.69) is 0 Å². The second-order valence-electron chi connectivity index (χ2n) is 4.70. The van der Waals surface area contributed by atoms with E-state index in [1.165, 1.54) is 0 Å². The Hall–Kier alpha value is -1.85. The van der Waals surface area contributed by atoms with E-state index in [0.717, 1.165) is 5.56 Å². The molecule has 5 heteroatoms. The van der Waals surface area contributed by atoms with Crippen molar-refractivity contribution in [3.05, 3.63) is 65.7 Å². The van der Waals surface area contributed by atoms with Crippen LogP contribution in [-0.2, 0) is 22.2 Å². The molecule has 21 heavy (non-hydrogen) atoms. The van der Waals surface area contributed by atoms with Gasteiger partial charge in [0.05, 0.1) is 18.1 Å². The normalized spacial score (nSPS) is 11.3. The van der Waals surface area contributed by atoms with Gasteiger partial charge >= 0.3 is 0 Å². The molecule has 112 valence electrons. The predicted octanol–water partition coefficient (Wildman–Crippen LogP) is 2.17. The van der Waals surface area contributed by atoms with Crippen molar-refractivity contribution in [3.8, 4) is 5.75 Å². The molecule has 0 aliphatic rings.